The molecule has 1 aromatic carbocycles. The lowest BCUT2D eigenvalue weighted by Gasteiger charge is -2.26. The van der Waals surface area contributed by atoms with Crippen molar-refractivity contribution in [3.8, 4) is 5.69 Å². The standard InChI is InChI=1S/C23H26ClN5O2/c1-16(2)21-18(15-29(27-21)19-6-4-3-5-7-19)14-26-22-20(24)12-17(13-25-22)23(30)28-8-10-31-11-9-28/h3-7,12-13,15-16H,8-11,14H2,1-2H3,(H,25,26). The number of nitrogens with one attached hydrogen (secondary N) is 1. The lowest BCUT2D eigenvalue weighted by Crippen LogP contribution is -2.40. The maximum atomic E-state index is 12.6. The second-order valence-electron chi connectivity index (χ2n) is 7.79. The van der Waals surface area contributed by atoms with E-state index in [0.717, 1.165) is 16.9 Å². The van der Waals surface area contributed by atoms with E-state index in [1.54, 1.807) is 17.2 Å². The normalized spacial score (nSPS) is 14.1. The van der Waals surface area contributed by atoms with Gasteiger partial charge in [0.25, 0.3) is 5.91 Å². The zero-order valence-corrected chi connectivity index (χ0v) is 18.5. The Morgan fingerprint density at radius 2 is 1.97 bits per heavy atom. The molecule has 8 heteroatoms. The molecule has 1 saturated heterocycles. The van der Waals surface area contributed by atoms with E-state index in [4.69, 9.17) is 21.4 Å². The molecule has 0 aliphatic carbocycles. The number of hydrogen-bond acceptors (Lipinski definition) is 5. The van der Waals surface area contributed by atoms with Crippen LogP contribution < -0.4 is 5.32 Å². The predicted molar refractivity (Wildman–Crippen MR) is 121 cm³/mol. The van der Waals surface area contributed by atoms with Crippen molar-refractivity contribution in [2.24, 2.45) is 0 Å². The van der Waals surface area contributed by atoms with Gasteiger partial charge >= 0.3 is 0 Å². The number of pyridine rings is 1. The molecule has 1 aliphatic rings. The third-order valence-electron chi connectivity index (χ3n) is 5.22. The lowest BCUT2D eigenvalue weighted by molar-refractivity contribution is 0.0302. The third kappa shape index (κ3) is 4.89. The fraction of sp³-hybridized carbons (Fsp3) is 0.348. The Bertz CT molecular complexity index is 1050. The molecule has 0 unspecified atom stereocenters. The van der Waals surface area contributed by atoms with Crippen molar-refractivity contribution in [1.29, 1.82) is 0 Å². The predicted octanol–water partition coefficient (Wildman–Crippen LogP) is 4.13. The van der Waals surface area contributed by atoms with Gasteiger partial charge in [-0.25, -0.2) is 9.67 Å². The van der Waals surface area contributed by atoms with E-state index in [9.17, 15) is 4.79 Å². The smallest absolute Gasteiger partial charge is 0.255 e. The van der Waals surface area contributed by atoms with E-state index in [0.29, 0.717) is 49.3 Å². The first-order valence-corrected chi connectivity index (χ1v) is 10.8. The summed E-state index contributed by atoms with van der Waals surface area (Å²) in [4.78, 5) is 18.8. The van der Waals surface area contributed by atoms with Crippen LogP contribution in [0, 0.1) is 0 Å². The van der Waals surface area contributed by atoms with Gasteiger partial charge in [0.2, 0.25) is 0 Å². The molecule has 31 heavy (non-hydrogen) atoms. The van der Waals surface area contributed by atoms with Crippen LogP contribution in [0.2, 0.25) is 5.02 Å². The number of carbonyl (C=O) groups is 1. The van der Waals surface area contributed by atoms with Crippen LogP contribution in [0.1, 0.15) is 41.4 Å². The number of nitrogens with zero attached hydrogens (tertiary/aromatic N) is 4. The third-order valence-corrected chi connectivity index (χ3v) is 5.51. The van der Waals surface area contributed by atoms with Gasteiger partial charge in [0.1, 0.15) is 5.82 Å². The van der Waals surface area contributed by atoms with Gasteiger partial charge < -0.3 is 15.0 Å². The van der Waals surface area contributed by atoms with Gasteiger partial charge in [0.15, 0.2) is 0 Å². The molecule has 1 amide bonds. The molecular weight excluding hydrogens is 414 g/mol. The SMILES string of the molecule is CC(C)c1nn(-c2ccccc2)cc1CNc1ncc(C(=O)N2CCOCC2)cc1Cl. The zero-order chi connectivity index (χ0) is 21.8. The number of amides is 1. The number of benzene rings is 1. The molecule has 3 heterocycles. The van der Waals surface area contributed by atoms with E-state index in [1.165, 1.54) is 0 Å². The summed E-state index contributed by atoms with van der Waals surface area (Å²) >= 11 is 6.44. The summed E-state index contributed by atoms with van der Waals surface area (Å²) in [5.74, 6) is 0.747. The van der Waals surface area contributed by atoms with E-state index in [1.807, 2.05) is 41.2 Å². The molecule has 2 aromatic heterocycles. The van der Waals surface area contributed by atoms with E-state index < -0.39 is 0 Å². The Balaban J connectivity index is 1.49. The fourth-order valence-electron chi connectivity index (χ4n) is 3.57. The van der Waals surface area contributed by atoms with Crippen LogP contribution in [-0.4, -0.2) is 51.9 Å². The lowest BCUT2D eigenvalue weighted by atomic mass is 10.1. The molecule has 1 N–H and O–H groups in total. The molecule has 7 nitrogen and oxygen atoms in total. The summed E-state index contributed by atoms with van der Waals surface area (Å²) in [6.45, 7) is 7.06. The van der Waals surface area contributed by atoms with Crippen LogP contribution >= 0.6 is 11.6 Å². The molecule has 1 aliphatic heterocycles. The van der Waals surface area contributed by atoms with Gasteiger partial charge in [-0.3, -0.25) is 4.79 Å². The first kappa shape index (κ1) is 21.3. The maximum Gasteiger partial charge on any atom is 0.255 e. The summed E-state index contributed by atoms with van der Waals surface area (Å²) in [6, 6.07) is 11.7. The van der Waals surface area contributed by atoms with Crippen molar-refractivity contribution in [2.75, 3.05) is 31.6 Å². The van der Waals surface area contributed by atoms with Crippen LogP contribution in [0.15, 0.2) is 48.8 Å². The largest absolute Gasteiger partial charge is 0.378 e. The Morgan fingerprint density at radius 1 is 1.23 bits per heavy atom. The Morgan fingerprint density at radius 3 is 2.65 bits per heavy atom. The summed E-state index contributed by atoms with van der Waals surface area (Å²) in [5.41, 5.74) is 3.59. The van der Waals surface area contributed by atoms with Crippen LogP contribution in [0.25, 0.3) is 5.69 Å². The molecule has 162 valence electrons. The quantitative estimate of drug-likeness (QED) is 0.625. The maximum absolute atomic E-state index is 12.6. The molecule has 0 saturated carbocycles. The first-order valence-electron chi connectivity index (χ1n) is 10.4. The van der Waals surface area contributed by atoms with Gasteiger partial charge in [-0.2, -0.15) is 5.10 Å². The molecule has 0 spiro atoms. The highest BCUT2D eigenvalue weighted by Gasteiger charge is 2.20. The number of aromatic nitrogens is 3. The molecule has 3 aromatic rings. The summed E-state index contributed by atoms with van der Waals surface area (Å²) < 4.78 is 7.20. The van der Waals surface area contributed by atoms with Crippen LogP contribution in [-0.2, 0) is 11.3 Å². The highest BCUT2D eigenvalue weighted by Crippen LogP contribution is 2.24. The summed E-state index contributed by atoms with van der Waals surface area (Å²) in [7, 11) is 0. The Hall–Kier alpha value is -2.90. The molecule has 0 atom stereocenters. The van der Waals surface area contributed by atoms with Crippen molar-refractivity contribution in [3.63, 3.8) is 0 Å². The number of ether oxygens (including phenoxy) is 1. The Kier molecular flexibility index (Phi) is 6.53. The van der Waals surface area contributed by atoms with Crippen molar-refractivity contribution in [1.82, 2.24) is 19.7 Å². The number of carbonyl (C=O) groups excluding carboxylic acids is 1. The second kappa shape index (κ2) is 9.49. The average Bonchev–Trinajstić information content (AvgIpc) is 3.23. The highest BCUT2D eigenvalue weighted by atomic mass is 35.5. The zero-order valence-electron chi connectivity index (χ0n) is 17.7. The number of halogens is 1. The van der Waals surface area contributed by atoms with Gasteiger partial charge in [-0.1, -0.05) is 43.6 Å². The molecule has 0 radical (unpaired) electrons. The number of anilines is 1. The van der Waals surface area contributed by atoms with Gasteiger partial charge in [-0.15, -0.1) is 0 Å². The van der Waals surface area contributed by atoms with Crippen LogP contribution in [0.5, 0.6) is 0 Å². The molecule has 1 fully saturated rings. The van der Waals surface area contributed by atoms with Crippen LogP contribution in [0.3, 0.4) is 0 Å². The van der Waals surface area contributed by atoms with E-state index in [2.05, 4.69) is 24.1 Å². The Labute approximate surface area is 187 Å². The number of para-hydroxylation sites is 1. The minimum atomic E-state index is -0.0736. The topological polar surface area (TPSA) is 72.3 Å². The van der Waals surface area contributed by atoms with Crippen molar-refractivity contribution in [2.45, 2.75) is 26.3 Å². The molecule has 0 bridgehead atoms. The average molecular weight is 440 g/mol. The van der Waals surface area contributed by atoms with Crippen molar-refractivity contribution < 1.29 is 9.53 Å². The number of hydrogen-bond donors (Lipinski definition) is 1. The van der Waals surface area contributed by atoms with Gasteiger partial charge in [-0.05, 0) is 24.1 Å². The van der Waals surface area contributed by atoms with E-state index >= 15 is 0 Å². The second-order valence-corrected chi connectivity index (χ2v) is 8.19. The highest BCUT2D eigenvalue weighted by molar-refractivity contribution is 6.33. The summed E-state index contributed by atoms with van der Waals surface area (Å²) in [6.07, 6.45) is 3.60. The fourth-order valence-corrected chi connectivity index (χ4v) is 3.80. The minimum Gasteiger partial charge on any atom is -0.378 e. The van der Waals surface area contributed by atoms with Gasteiger partial charge in [0.05, 0.1) is 35.2 Å². The molecule has 4 rings (SSSR count). The van der Waals surface area contributed by atoms with Crippen molar-refractivity contribution >= 4 is 23.3 Å². The molecular formula is C23H26ClN5O2. The first-order chi connectivity index (χ1) is 15.0. The minimum absolute atomic E-state index is 0.0736. The van der Waals surface area contributed by atoms with Gasteiger partial charge in [0, 0.05) is 37.6 Å². The number of rotatable bonds is 6. The van der Waals surface area contributed by atoms with Crippen molar-refractivity contribution in [3.05, 3.63) is 70.6 Å². The monoisotopic (exact) mass is 439 g/mol. The van der Waals surface area contributed by atoms with Crippen LogP contribution in [0.4, 0.5) is 5.82 Å². The summed E-state index contributed by atoms with van der Waals surface area (Å²) in [5, 5.41) is 8.48. The van der Waals surface area contributed by atoms with E-state index in [-0.39, 0.29) is 11.8 Å². The number of morpholine rings is 1.